The maximum atomic E-state index is 13.6. The van der Waals surface area contributed by atoms with Crippen LogP contribution in [0.2, 0.25) is 0 Å². The second kappa shape index (κ2) is 6.92. The van der Waals surface area contributed by atoms with Crippen LogP contribution in [0, 0.1) is 5.82 Å². The zero-order valence-electron chi connectivity index (χ0n) is 9.87. The summed E-state index contributed by atoms with van der Waals surface area (Å²) in [5, 5.41) is 9.55. The van der Waals surface area contributed by atoms with Crippen molar-refractivity contribution in [1.82, 2.24) is 0 Å². The first-order valence-corrected chi connectivity index (χ1v) is 6.74. The van der Waals surface area contributed by atoms with Gasteiger partial charge in [-0.2, -0.15) is 0 Å². The Kier molecular flexibility index (Phi) is 5.85. The van der Waals surface area contributed by atoms with E-state index in [0.29, 0.717) is 10.5 Å². The first-order valence-electron chi connectivity index (χ1n) is 5.76. The lowest BCUT2D eigenvalue weighted by atomic mass is 10.1. The summed E-state index contributed by atoms with van der Waals surface area (Å²) >= 11 is 1.51. The number of unbranched alkanes of at least 4 members (excludes halogenated alkanes) is 2. The van der Waals surface area contributed by atoms with E-state index in [1.165, 1.54) is 30.7 Å². The zero-order valence-corrected chi connectivity index (χ0v) is 10.7. The van der Waals surface area contributed by atoms with Gasteiger partial charge in [-0.15, -0.1) is 11.8 Å². The van der Waals surface area contributed by atoms with Crippen LogP contribution in [0.4, 0.5) is 4.39 Å². The number of thioether (sulfide) groups is 1. The number of halogens is 1. The van der Waals surface area contributed by atoms with Gasteiger partial charge in [0.15, 0.2) is 0 Å². The number of benzene rings is 1. The summed E-state index contributed by atoms with van der Waals surface area (Å²) in [6.07, 6.45) is 2.82. The molecule has 1 aromatic rings. The van der Waals surface area contributed by atoms with E-state index >= 15 is 0 Å². The van der Waals surface area contributed by atoms with Gasteiger partial charge in [-0.25, -0.2) is 4.39 Å². The molecule has 16 heavy (non-hydrogen) atoms. The summed E-state index contributed by atoms with van der Waals surface area (Å²) in [4.78, 5) is 0.605. The average molecular weight is 242 g/mol. The highest BCUT2D eigenvalue weighted by Gasteiger charge is 2.12. The normalized spacial score (nSPS) is 12.8. The van der Waals surface area contributed by atoms with Crippen molar-refractivity contribution in [2.45, 2.75) is 44.1 Å². The molecule has 0 fully saturated rings. The van der Waals surface area contributed by atoms with E-state index in [1.54, 1.807) is 19.1 Å². The van der Waals surface area contributed by atoms with E-state index in [4.69, 9.17) is 0 Å². The molecule has 1 N–H and O–H groups in total. The molecule has 1 unspecified atom stereocenters. The van der Waals surface area contributed by atoms with Crippen LogP contribution in [0.15, 0.2) is 23.1 Å². The molecule has 0 radical (unpaired) electrons. The van der Waals surface area contributed by atoms with E-state index in [-0.39, 0.29) is 5.82 Å². The summed E-state index contributed by atoms with van der Waals surface area (Å²) in [7, 11) is 0. The third-order valence-electron chi connectivity index (χ3n) is 2.44. The van der Waals surface area contributed by atoms with Gasteiger partial charge < -0.3 is 5.11 Å². The molecule has 1 atom stereocenters. The molecule has 90 valence electrons. The van der Waals surface area contributed by atoms with Gasteiger partial charge in [0.05, 0.1) is 6.10 Å². The van der Waals surface area contributed by atoms with Gasteiger partial charge in [0.1, 0.15) is 5.82 Å². The molecular formula is C13H19FOS. The molecule has 0 aromatic heterocycles. The first-order chi connectivity index (χ1) is 7.66. The van der Waals surface area contributed by atoms with Crippen molar-refractivity contribution in [3.05, 3.63) is 29.6 Å². The minimum Gasteiger partial charge on any atom is -0.389 e. The second-order valence-electron chi connectivity index (χ2n) is 3.89. The minimum atomic E-state index is -0.607. The Morgan fingerprint density at radius 1 is 1.38 bits per heavy atom. The van der Waals surface area contributed by atoms with Gasteiger partial charge in [0.25, 0.3) is 0 Å². The van der Waals surface area contributed by atoms with Crippen molar-refractivity contribution in [2.24, 2.45) is 0 Å². The molecule has 0 aliphatic rings. The van der Waals surface area contributed by atoms with E-state index in [9.17, 15) is 9.50 Å². The van der Waals surface area contributed by atoms with E-state index in [1.807, 2.05) is 0 Å². The SMILES string of the molecule is CCCCCSc1c(F)cccc1C(C)O. The molecule has 0 bridgehead atoms. The fraction of sp³-hybridized carbons (Fsp3) is 0.538. The highest BCUT2D eigenvalue weighted by atomic mass is 32.2. The van der Waals surface area contributed by atoms with Gasteiger partial charge in [0.2, 0.25) is 0 Å². The Morgan fingerprint density at radius 3 is 2.75 bits per heavy atom. The van der Waals surface area contributed by atoms with Crippen LogP contribution in [0.25, 0.3) is 0 Å². The van der Waals surface area contributed by atoms with Crippen LogP contribution < -0.4 is 0 Å². The van der Waals surface area contributed by atoms with Crippen molar-refractivity contribution in [2.75, 3.05) is 5.75 Å². The predicted octanol–water partition coefficient (Wildman–Crippen LogP) is 4.16. The molecule has 3 heteroatoms. The molecule has 0 aliphatic carbocycles. The minimum absolute atomic E-state index is 0.222. The third kappa shape index (κ3) is 3.80. The molecule has 1 aromatic carbocycles. The first kappa shape index (κ1) is 13.5. The quantitative estimate of drug-likeness (QED) is 0.597. The summed E-state index contributed by atoms with van der Waals surface area (Å²) in [6, 6.07) is 4.89. The van der Waals surface area contributed by atoms with Gasteiger partial charge in [0, 0.05) is 4.90 Å². The number of hydrogen-bond donors (Lipinski definition) is 1. The molecule has 0 saturated carbocycles. The van der Waals surface area contributed by atoms with Crippen LogP contribution >= 0.6 is 11.8 Å². The molecule has 0 aliphatic heterocycles. The van der Waals surface area contributed by atoms with Crippen LogP contribution in [-0.2, 0) is 0 Å². The van der Waals surface area contributed by atoms with Crippen molar-refractivity contribution in [3.63, 3.8) is 0 Å². The Balaban J connectivity index is 2.69. The van der Waals surface area contributed by atoms with E-state index in [0.717, 1.165) is 12.2 Å². The Bertz CT molecular complexity index is 326. The maximum absolute atomic E-state index is 13.6. The molecule has 0 saturated heterocycles. The Labute approximate surface area is 101 Å². The predicted molar refractivity (Wildman–Crippen MR) is 67.3 cm³/mol. The maximum Gasteiger partial charge on any atom is 0.137 e. The second-order valence-corrected chi connectivity index (χ2v) is 4.99. The van der Waals surface area contributed by atoms with Crippen molar-refractivity contribution in [3.8, 4) is 0 Å². The number of aliphatic hydroxyl groups excluding tert-OH is 1. The van der Waals surface area contributed by atoms with Crippen LogP contribution in [0.1, 0.15) is 44.8 Å². The van der Waals surface area contributed by atoms with Gasteiger partial charge in [-0.05, 0) is 30.7 Å². The summed E-state index contributed by atoms with van der Waals surface area (Å²) in [5.74, 6) is 0.689. The summed E-state index contributed by atoms with van der Waals surface area (Å²) in [5.41, 5.74) is 0.696. The van der Waals surface area contributed by atoms with Crippen molar-refractivity contribution in [1.29, 1.82) is 0 Å². The topological polar surface area (TPSA) is 20.2 Å². The van der Waals surface area contributed by atoms with Gasteiger partial charge in [-0.3, -0.25) is 0 Å². The summed E-state index contributed by atoms with van der Waals surface area (Å²) in [6.45, 7) is 3.82. The Hall–Kier alpha value is -0.540. The number of rotatable bonds is 6. The average Bonchev–Trinajstić information content (AvgIpc) is 2.25. The Morgan fingerprint density at radius 2 is 2.12 bits per heavy atom. The van der Waals surface area contributed by atoms with Gasteiger partial charge >= 0.3 is 0 Å². The largest absolute Gasteiger partial charge is 0.389 e. The fourth-order valence-electron chi connectivity index (χ4n) is 1.53. The smallest absolute Gasteiger partial charge is 0.137 e. The number of hydrogen-bond acceptors (Lipinski definition) is 2. The van der Waals surface area contributed by atoms with Crippen molar-refractivity contribution >= 4 is 11.8 Å². The highest BCUT2D eigenvalue weighted by Crippen LogP contribution is 2.30. The molecular weight excluding hydrogens is 223 g/mol. The standard InChI is InChI=1S/C13H19FOS/c1-3-4-5-9-16-13-11(10(2)15)7-6-8-12(13)14/h6-8,10,15H,3-5,9H2,1-2H3. The van der Waals surface area contributed by atoms with Crippen LogP contribution in [0.5, 0.6) is 0 Å². The van der Waals surface area contributed by atoms with Crippen LogP contribution in [0.3, 0.4) is 0 Å². The molecule has 1 nitrogen and oxygen atoms in total. The molecule has 0 heterocycles. The third-order valence-corrected chi connectivity index (χ3v) is 3.65. The number of aliphatic hydroxyl groups is 1. The fourth-order valence-corrected chi connectivity index (χ4v) is 2.70. The molecule has 0 spiro atoms. The lowest BCUT2D eigenvalue weighted by Crippen LogP contribution is -1.97. The van der Waals surface area contributed by atoms with Crippen LogP contribution in [-0.4, -0.2) is 10.9 Å². The molecule has 1 rings (SSSR count). The highest BCUT2D eigenvalue weighted by molar-refractivity contribution is 7.99. The molecule has 0 amide bonds. The van der Waals surface area contributed by atoms with E-state index in [2.05, 4.69) is 6.92 Å². The summed E-state index contributed by atoms with van der Waals surface area (Å²) < 4.78 is 13.6. The lowest BCUT2D eigenvalue weighted by molar-refractivity contribution is 0.195. The van der Waals surface area contributed by atoms with Crippen molar-refractivity contribution < 1.29 is 9.50 Å². The lowest BCUT2D eigenvalue weighted by Gasteiger charge is -2.12. The zero-order chi connectivity index (χ0) is 12.0. The van der Waals surface area contributed by atoms with Gasteiger partial charge in [-0.1, -0.05) is 31.9 Å². The van der Waals surface area contributed by atoms with E-state index < -0.39 is 6.10 Å². The monoisotopic (exact) mass is 242 g/mol.